The quantitative estimate of drug-likeness (QED) is 0.785. The molecule has 0 aliphatic rings. The minimum absolute atomic E-state index is 0.595. The Morgan fingerprint density at radius 1 is 1.33 bits per heavy atom. The molecule has 0 radical (unpaired) electrons. The van der Waals surface area contributed by atoms with E-state index in [0.717, 1.165) is 11.4 Å². The average Bonchev–Trinajstić information content (AvgIpc) is 2.72. The Kier molecular flexibility index (Phi) is 2.83. The molecule has 0 amide bonds. The van der Waals surface area contributed by atoms with Gasteiger partial charge in [0.25, 0.3) is 0 Å². The molecule has 0 spiro atoms. The number of hydrogen-bond donors (Lipinski definition) is 2. The number of nitrogens with one attached hydrogen (secondary N) is 1. The van der Waals surface area contributed by atoms with E-state index in [9.17, 15) is 0 Å². The molecule has 0 saturated carbocycles. The van der Waals surface area contributed by atoms with Gasteiger partial charge in [0.15, 0.2) is 0 Å². The second-order valence-corrected chi connectivity index (χ2v) is 3.60. The summed E-state index contributed by atoms with van der Waals surface area (Å²) in [6.07, 6.45) is 1.64. The van der Waals surface area contributed by atoms with E-state index in [2.05, 4.69) is 5.32 Å². The summed E-state index contributed by atoms with van der Waals surface area (Å²) in [6, 6.07) is 9.06. The first-order valence-electron chi connectivity index (χ1n) is 4.57. The number of furan rings is 1. The second-order valence-electron chi connectivity index (χ2n) is 3.16. The molecular weight excluding hydrogens is 212 g/mol. The summed E-state index contributed by atoms with van der Waals surface area (Å²) in [5.41, 5.74) is 7.27. The Balaban J connectivity index is 2.07. The summed E-state index contributed by atoms with van der Waals surface area (Å²) in [5.74, 6) is 0.856. The van der Waals surface area contributed by atoms with Crippen molar-refractivity contribution in [1.82, 2.24) is 0 Å². The lowest BCUT2D eigenvalue weighted by Crippen LogP contribution is -2.01. The number of nitrogen functional groups attached to an aromatic ring is 1. The third kappa shape index (κ3) is 2.44. The molecule has 0 aliphatic heterocycles. The van der Waals surface area contributed by atoms with E-state index in [1.807, 2.05) is 12.1 Å². The molecule has 1 aromatic heterocycles. The number of halogens is 1. The van der Waals surface area contributed by atoms with E-state index in [1.165, 1.54) is 0 Å². The van der Waals surface area contributed by atoms with Crippen molar-refractivity contribution in [2.45, 2.75) is 6.54 Å². The Morgan fingerprint density at radius 3 is 2.93 bits per heavy atom. The fourth-order valence-corrected chi connectivity index (χ4v) is 1.45. The highest BCUT2D eigenvalue weighted by molar-refractivity contribution is 6.31. The number of benzene rings is 1. The van der Waals surface area contributed by atoms with Crippen molar-refractivity contribution >= 4 is 23.0 Å². The molecule has 0 saturated heterocycles. The molecule has 15 heavy (non-hydrogen) atoms. The van der Waals surface area contributed by atoms with Gasteiger partial charge in [-0.1, -0.05) is 11.6 Å². The van der Waals surface area contributed by atoms with E-state index >= 15 is 0 Å². The third-order valence-electron chi connectivity index (χ3n) is 2.05. The fraction of sp³-hybridized carbons (Fsp3) is 0.0909. The van der Waals surface area contributed by atoms with Crippen LogP contribution in [0.3, 0.4) is 0 Å². The summed E-state index contributed by atoms with van der Waals surface area (Å²) < 4.78 is 5.19. The maximum Gasteiger partial charge on any atom is 0.122 e. The summed E-state index contributed by atoms with van der Waals surface area (Å²) in [5, 5.41) is 3.81. The highest BCUT2D eigenvalue weighted by Gasteiger charge is 2.00. The molecule has 0 aliphatic carbocycles. The van der Waals surface area contributed by atoms with Crippen molar-refractivity contribution in [2.24, 2.45) is 0 Å². The molecule has 2 rings (SSSR count). The van der Waals surface area contributed by atoms with Crippen LogP contribution in [0.2, 0.25) is 5.02 Å². The molecule has 0 atom stereocenters. The minimum atomic E-state index is 0.595. The Labute approximate surface area is 92.8 Å². The SMILES string of the molecule is Nc1ccc(Cl)cc1NCc1ccco1. The van der Waals surface area contributed by atoms with Gasteiger partial charge in [-0.3, -0.25) is 0 Å². The lowest BCUT2D eigenvalue weighted by atomic mass is 10.2. The molecule has 3 nitrogen and oxygen atoms in total. The van der Waals surface area contributed by atoms with Crippen molar-refractivity contribution in [3.8, 4) is 0 Å². The van der Waals surface area contributed by atoms with Gasteiger partial charge in [0, 0.05) is 5.02 Å². The molecule has 3 N–H and O–H groups in total. The Morgan fingerprint density at radius 2 is 2.20 bits per heavy atom. The average molecular weight is 223 g/mol. The zero-order chi connectivity index (χ0) is 10.7. The van der Waals surface area contributed by atoms with Crippen LogP contribution in [0.5, 0.6) is 0 Å². The zero-order valence-corrected chi connectivity index (χ0v) is 8.79. The summed E-state index contributed by atoms with van der Waals surface area (Å²) in [6.45, 7) is 0.595. The van der Waals surface area contributed by atoms with Gasteiger partial charge in [0.1, 0.15) is 5.76 Å². The van der Waals surface area contributed by atoms with Crippen molar-refractivity contribution in [1.29, 1.82) is 0 Å². The molecule has 78 valence electrons. The van der Waals surface area contributed by atoms with Crippen LogP contribution in [0.1, 0.15) is 5.76 Å². The zero-order valence-electron chi connectivity index (χ0n) is 8.03. The summed E-state index contributed by atoms with van der Waals surface area (Å²) >= 11 is 5.86. The highest BCUT2D eigenvalue weighted by atomic mass is 35.5. The molecular formula is C11H11ClN2O. The first kappa shape index (κ1) is 9.93. The monoisotopic (exact) mass is 222 g/mol. The number of anilines is 2. The van der Waals surface area contributed by atoms with E-state index < -0.39 is 0 Å². The van der Waals surface area contributed by atoms with Crippen LogP contribution in [0.4, 0.5) is 11.4 Å². The van der Waals surface area contributed by atoms with Gasteiger partial charge >= 0.3 is 0 Å². The van der Waals surface area contributed by atoms with Crippen molar-refractivity contribution in [3.63, 3.8) is 0 Å². The van der Waals surface area contributed by atoms with Gasteiger partial charge in [-0.05, 0) is 30.3 Å². The van der Waals surface area contributed by atoms with Crippen LogP contribution in [0, 0.1) is 0 Å². The lowest BCUT2D eigenvalue weighted by Gasteiger charge is -2.07. The molecule has 1 aromatic carbocycles. The number of hydrogen-bond acceptors (Lipinski definition) is 3. The van der Waals surface area contributed by atoms with Crippen LogP contribution < -0.4 is 11.1 Å². The molecule has 4 heteroatoms. The Bertz CT molecular complexity index is 440. The first-order chi connectivity index (χ1) is 7.25. The molecule has 0 bridgehead atoms. The minimum Gasteiger partial charge on any atom is -0.467 e. The molecule has 2 aromatic rings. The molecule has 1 heterocycles. The van der Waals surface area contributed by atoms with Gasteiger partial charge in [0.05, 0.1) is 24.2 Å². The highest BCUT2D eigenvalue weighted by Crippen LogP contribution is 2.23. The van der Waals surface area contributed by atoms with Crippen LogP contribution in [0.25, 0.3) is 0 Å². The fourth-order valence-electron chi connectivity index (χ4n) is 1.28. The van der Waals surface area contributed by atoms with E-state index in [-0.39, 0.29) is 0 Å². The standard InChI is InChI=1S/C11H11ClN2O/c12-8-3-4-10(13)11(6-8)14-7-9-2-1-5-15-9/h1-6,14H,7,13H2. The van der Waals surface area contributed by atoms with E-state index in [0.29, 0.717) is 17.3 Å². The van der Waals surface area contributed by atoms with Gasteiger partial charge < -0.3 is 15.5 Å². The summed E-state index contributed by atoms with van der Waals surface area (Å²) in [4.78, 5) is 0. The van der Waals surface area contributed by atoms with E-state index in [4.69, 9.17) is 21.8 Å². The van der Waals surface area contributed by atoms with Crippen LogP contribution in [0.15, 0.2) is 41.0 Å². The maximum absolute atomic E-state index is 5.86. The summed E-state index contributed by atoms with van der Waals surface area (Å²) in [7, 11) is 0. The second kappa shape index (κ2) is 4.28. The predicted octanol–water partition coefficient (Wildman–Crippen LogP) is 3.13. The van der Waals surface area contributed by atoms with Crippen molar-refractivity contribution in [2.75, 3.05) is 11.1 Å². The third-order valence-corrected chi connectivity index (χ3v) is 2.28. The normalized spacial score (nSPS) is 10.2. The van der Waals surface area contributed by atoms with Crippen LogP contribution >= 0.6 is 11.6 Å². The molecule has 0 fully saturated rings. The Hall–Kier alpha value is -1.61. The van der Waals surface area contributed by atoms with Crippen LogP contribution in [-0.4, -0.2) is 0 Å². The number of nitrogens with two attached hydrogens (primary N) is 1. The van der Waals surface area contributed by atoms with E-state index in [1.54, 1.807) is 24.5 Å². The lowest BCUT2D eigenvalue weighted by molar-refractivity contribution is 0.518. The smallest absolute Gasteiger partial charge is 0.122 e. The van der Waals surface area contributed by atoms with Gasteiger partial charge in [0.2, 0.25) is 0 Å². The maximum atomic E-state index is 5.86. The molecule has 0 unspecified atom stereocenters. The van der Waals surface area contributed by atoms with Gasteiger partial charge in [-0.25, -0.2) is 0 Å². The number of rotatable bonds is 3. The first-order valence-corrected chi connectivity index (χ1v) is 4.95. The predicted molar refractivity (Wildman–Crippen MR) is 61.9 cm³/mol. The van der Waals surface area contributed by atoms with Gasteiger partial charge in [-0.15, -0.1) is 0 Å². The van der Waals surface area contributed by atoms with Crippen LogP contribution in [-0.2, 0) is 6.54 Å². The van der Waals surface area contributed by atoms with Crippen molar-refractivity contribution in [3.05, 3.63) is 47.4 Å². The van der Waals surface area contributed by atoms with Gasteiger partial charge in [-0.2, -0.15) is 0 Å². The van der Waals surface area contributed by atoms with Crippen molar-refractivity contribution < 1.29 is 4.42 Å². The largest absolute Gasteiger partial charge is 0.467 e. The topological polar surface area (TPSA) is 51.2 Å².